The van der Waals surface area contributed by atoms with Gasteiger partial charge in [-0.3, -0.25) is 9.89 Å². The van der Waals surface area contributed by atoms with Crippen LogP contribution in [0.5, 0.6) is 11.5 Å². The lowest BCUT2D eigenvalue weighted by atomic mass is 9.95. The zero-order chi connectivity index (χ0) is 22.9. The van der Waals surface area contributed by atoms with Gasteiger partial charge in [0.25, 0.3) is 5.91 Å². The number of fused-ring (bicyclic) bond motifs is 1. The first kappa shape index (κ1) is 20.8. The topological polar surface area (TPSA) is 67.5 Å². The smallest absolute Gasteiger partial charge is 0.273 e. The average molecular weight is 443 g/mol. The van der Waals surface area contributed by atoms with E-state index < -0.39 is 6.04 Å². The van der Waals surface area contributed by atoms with E-state index in [0.29, 0.717) is 23.7 Å². The molecule has 0 aliphatic carbocycles. The van der Waals surface area contributed by atoms with Gasteiger partial charge in [-0.2, -0.15) is 5.10 Å². The van der Waals surface area contributed by atoms with Crippen molar-refractivity contribution in [3.05, 3.63) is 101 Å². The van der Waals surface area contributed by atoms with E-state index in [0.717, 1.165) is 28.0 Å². The van der Waals surface area contributed by atoms with Crippen molar-refractivity contribution in [2.75, 3.05) is 14.2 Å². The predicted molar refractivity (Wildman–Crippen MR) is 122 cm³/mol. The quantitative estimate of drug-likeness (QED) is 0.457. The maximum atomic E-state index is 13.5. The number of nitrogens with one attached hydrogen (secondary N) is 1. The fourth-order valence-corrected chi connectivity index (χ4v) is 4.33. The van der Waals surface area contributed by atoms with Gasteiger partial charge in [0, 0.05) is 23.2 Å². The van der Waals surface area contributed by atoms with Crippen molar-refractivity contribution in [1.82, 2.24) is 15.1 Å². The Hall–Kier alpha value is -4.13. The summed E-state index contributed by atoms with van der Waals surface area (Å²) in [5.41, 5.74) is 4.47. The van der Waals surface area contributed by atoms with Gasteiger partial charge in [-0.25, -0.2) is 4.39 Å². The van der Waals surface area contributed by atoms with Gasteiger partial charge in [0.05, 0.1) is 26.0 Å². The van der Waals surface area contributed by atoms with Crippen molar-refractivity contribution in [2.45, 2.75) is 12.6 Å². The molecule has 0 saturated heterocycles. The van der Waals surface area contributed by atoms with E-state index in [9.17, 15) is 9.18 Å². The summed E-state index contributed by atoms with van der Waals surface area (Å²) in [6.07, 6.45) is 0. The van der Waals surface area contributed by atoms with E-state index in [1.54, 1.807) is 31.3 Å². The SMILES string of the molecule is COc1ccc(-c2n[nH]c3c2C(c2ccccc2OC)N(Cc2ccc(F)cc2)C3=O)cc1. The Labute approximate surface area is 190 Å². The number of aromatic amines is 1. The lowest BCUT2D eigenvalue weighted by molar-refractivity contribution is 0.0728. The standard InChI is InChI=1S/C26H22FN3O3/c1-32-19-13-9-17(10-14-19)23-22-24(29-28-23)26(31)30(15-16-7-11-18(27)12-8-16)25(22)20-5-3-4-6-21(20)33-2/h3-14,25H,15H2,1-2H3,(H,28,29). The number of aromatic nitrogens is 2. The number of carbonyl (C=O) groups excluding carboxylic acids is 1. The van der Waals surface area contributed by atoms with Gasteiger partial charge in [0.1, 0.15) is 23.0 Å². The number of para-hydroxylation sites is 1. The van der Waals surface area contributed by atoms with E-state index in [1.165, 1.54) is 12.1 Å². The number of carbonyl (C=O) groups is 1. The number of hydrogen-bond donors (Lipinski definition) is 1. The molecule has 1 aromatic heterocycles. The third-order valence-corrected chi connectivity index (χ3v) is 5.93. The van der Waals surface area contributed by atoms with Gasteiger partial charge >= 0.3 is 0 Å². The number of methoxy groups -OCH3 is 2. The first-order valence-corrected chi connectivity index (χ1v) is 10.5. The Morgan fingerprint density at radius 3 is 2.39 bits per heavy atom. The average Bonchev–Trinajstić information content (AvgIpc) is 3.39. The van der Waals surface area contributed by atoms with Crippen LogP contribution in [-0.2, 0) is 6.54 Å². The fraction of sp³-hybridized carbons (Fsp3) is 0.154. The molecule has 0 saturated carbocycles. The molecule has 5 rings (SSSR count). The van der Waals surface area contributed by atoms with Crippen LogP contribution in [0.2, 0.25) is 0 Å². The predicted octanol–water partition coefficient (Wildman–Crippen LogP) is 4.98. The summed E-state index contributed by atoms with van der Waals surface area (Å²) >= 11 is 0. The molecule has 1 atom stereocenters. The van der Waals surface area contributed by atoms with Crippen molar-refractivity contribution in [3.63, 3.8) is 0 Å². The van der Waals surface area contributed by atoms with Crippen LogP contribution < -0.4 is 9.47 Å². The molecule has 0 spiro atoms. The van der Waals surface area contributed by atoms with Crippen molar-refractivity contribution in [2.24, 2.45) is 0 Å². The van der Waals surface area contributed by atoms with Crippen LogP contribution >= 0.6 is 0 Å². The lowest BCUT2D eigenvalue weighted by Gasteiger charge is -2.27. The van der Waals surface area contributed by atoms with E-state index in [-0.39, 0.29) is 11.7 Å². The highest BCUT2D eigenvalue weighted by atomic mass is 19.1. The molecule has 1 unspecified atom stereocenters. The number of rotatable bonds is 6. The first-order chi connectivity index (χ1) is 16.1. The van der Waals surface area contributed by atoms with Crippen molar-refractivity contribution in [1.29, 1.82) is 0 Å². The molecule has 4 aromatic rings. The highest BCUT2D eigenvalue weighted by Gasteiger charge is 2.43. The Morgan fingerprint density at radius 1 is 0.970 bits per heavy atom. The molecule has 0 fully saturated rings. The second-order valence-corrected chi connectivity index (χ2v) is 7.79. The van der Waals surface area contributed by atoms with Crippen LogP contribution in [0.4, 0.5) is 4.39 Å². The van der Waals surface area contributed by atoms with E-state index in [2.05, 4.69) is 10.2 Å². The molecule has 1 aliphatic heterocycles. The maximum absolute atomic E-state index is 13.5. The van der Waals surface area contributed by atoms with Gasteiger partial charge in [-0.05, 0) is 48.0 Å². The van der Waals surface area contributed by atoms with Crippen molar-refractivity contribution < 1.29 is 18.7 Å². The third-order valence-electron chi connectivity index (χ3n) is 5.93. The Kier molecular flexibility index (Phi) is 5.30. The van der Waals surface area contributed by atoms with E-state index >= 15 is 0 Å². The highest BCUT2D eigenvalue weighted by Crippen LogP contribution is 2.46. The second-order valence-electron chi connectivity index (χ2n) is 7.79. The lowest BCUT2D eigenvalue weighted by Crippen LogP contribution is -2.29. The van der Waals surface area contributed by atoms with Crippen LogP contribution in [-0.4, -0.2) is 35.2 Å². The van der Waals surface area contributed by atoms with Crippen LogP contribution in [0.3, 0.4) is 0 Å². The molecule has 3 aromatic carbocycles. The largest absolute Gasteiger partial charge is 0.497 e. The summed E-state index contributed by atoms with van der Waals surface area (Å²) in [6.45, 7) is 0.312. The molecule has 166 valence electrons. The van der Waals surface area contributed by atoms with Crippen LogP contribution in [0.25, 0.3) is 11.3 Å². The summed E-state index contributed by atoms with van der Waals surface area (Å²) < 4.78 is 24.4. The van der Waals surface area contributed by atoms with Crippen molar-refractivity contribution in [3.8, 4) is 22.8 Å². The first-order valence-electron chi connectivity index (χ1n) is 10.5. The van der Waals surface area contributed by atoms with Gasteiger partial charge in [-0.15, -0.1) is 0 Å². The molecular formula is C26H22FN3O3. The van der Waals surface area contributed by atoms with Crippen molar-refractivity contribution >= 4 is 5.91 Å². The summed E-state index contributed by atoms with van der Waals surface area (Å²) in [5, 5.41) is 7.45. The molecule has 1 amide bonds. The summed E-state index contributed by atoms with van der Waals surface area (Å²) in [5.74, 6) is 0.928. The third kappa shape index (κ3) is 3.61. The van der Waals surface area contributed by atoms with Gasteiger partial charge < -0.3 is 14.4 Å². The molecule has 1 aliphatic rings. The van der Waals surface area contributed by atoms with Gasteiger partial charge in [0.2, 0.25) is 0 Å². The number of ether oxygens (including phenoxy) is 2. The minimum absolute atomic E-state index is 0.169. The molecule has 6 nitrogen and oxygen atoms in total. The second kappa shape index (κ2) is 8.43. The number of H-pyrrole nitrogens is 1. The van der Waals surface area contributed by atoms with Gasteiger partial charge in [0.15, 0.2) is 0 Å². The van der Waals surface area contributed by atoms with E-state index in [1.807, 2.05) is 48.5 Å². The molecule has 7 heteroatoms. The monoisotopic (exact) mass is 443 g/mol. The Balaban J connectivity index is 1.65. The fourth-order valence-electron chi connectivity index (χ4n) is 4.33. The van der Waals surface area contributed by atoms with Crippen LogP contribution in [0.1, 0.15) is 33.2 Å². The number of hydrogen-bond acceptors (Lipinski definition) is 4. The minimum atomic E-state index is -0.426. The number of halogens is 1. The normalized spacial score (nSPS) is 14.9. The highest BCUT2D eigenvalue weighted by molar-refractivity contribution is 6.00. The Bertz CT molecular complexity index is 1300. The minimum Gasteiger partial charge on any atom is -0.497 e. The molecule has 33 heavy (non-hydrogen) atoms. The zero-order valence-corrected chi connectivity index (χ0v) is 18.2. The summed E-state index contributed by atoms with van der Waals surface area (Å²) in [7, 11) is 3.23. The van der Waals surface area contributed by atoms with E-state index in [4.69, 9.17) is 9.47 Å². The van der Waals surface area contributed by atoms with Crippen LogP contribution in [0.15, 0.2) is 72.8 Å². The number of amides is 1. The molecule has 0 bridgehead atoms. The van der Waals surface area contributed by atoms with Crippen LogP contribution in [0, 0.1) is 5.82 Å². The maximum Gasteiger partial charge on any atom is 0.273 e. The number of benzene rings is 3. The molecular weight excluding hydrogens is 421 g/mol. The Morgan fingerprint density at radius 2 is 1.70 bits per heavy atom. The molecule has 2 heterocycles. The van der Waals surface area contributed by atoms with Gasteiger partial charge in [-0.1, -0.05) is 30.3 Å². The molecule has 1 N–H and O–H groups in total. The number of nitrogens with zero attached hydrogens (tertiary/aromatic N) is 2. The molecule has 0 radical (unpaired) electrons. The summed E-state index contributed by atoms with van der Waals surface area (Å²) in [4.78, 5) is 15.3. The summed E-state index contributed by atoms with van der Waals surface area (Å²) in [6, 6.07) is 21.0. The zero-order valence-electron chi connectivity index (χ0n) is 18.2.